The van der Waals surface area contributed by atoms with E-state index >= 15 is 0 Å². The lowest BCUT2D eigenvalue weighted by Gasteiger charge is -2.13. The average molecular weight is 329 g/mol. The van der Waals surface area contributed by atoms with Crippen LogP contribution in [0.25, 0.3) is 0 Å². The van der Waals surface area contributed by atoms with Crippen molar-refractivity contribution < 1.29 is 4.42 Å². The van der Waals surface area contributed by atoms with Gasteiger partial charge in [-0.2, -0.15) is 0 Å². The lowest BCUT2D eigenvalue weighted by atomic mass is 9.99. The Balaban J connectivity index is 2.18. The molecule has 1 heterocycles. The van der Waals surface area contributed by atoms with Crippen LogP contribution in [0.15, 0.2) is 39.4 Å². The van der Waals surface area contributed by atoms with Gasteiger partial charge in [-0.3, -0.25) is 0 Å². The fourth-order valence-corrected chi connectivity index (χ4v) is 2.75. The van der Waals surface area contributed by atoms with Crippen LogP contribution in [-0.4, -0.2) is 0 Å². The van der Waals surface area contributed by atoms with Gasteiger partial charge in [-0.1, -0.05) is 40.5 Å². The van der Waals surface area contributed by atoms with E-state index in [0.717, 1.165) is 32.8 Å². The summed E-state index contributed by atoms with van der Waals surface area (Å²) in [6.45, 7) is 2.06. The van der Waals surface area contributed by atoms with Gasteiger partial charge in [-0.05, 0) is 30.2 Å². The van der Waals surface area contributed by atoms with Crippen LogP contribution in [0.1, 0.15) is 29.9 Å². The van der Waals surface area contributed by atoms with E-state index in [4.69, 9.17) is 21.8 Å². The van der Waals surface area contributed by atoms with Gasteiger partial charge >= 0.3 is 0 Å². The lowest BCUT2D eigenvalue weighted by Crippen LogP contribution is -2.14. The first-order chi connectivity index (χ1) is 8.61. The highest BCUT2D eigenvalue weighted by atomic mass is 79.9. The molecule has 0 spiro atoms. The largest absolute Gasteiger partial charge is 0.469 e. The van der Waals surface area contributed by atoms with Crippen LogP contribution in [0.3, 0.4) is 0 Å². The Morgan fingerprint density at radius 3 is 2.83 bits per heavy atom. The molecule has 2 rings (SSSR count). The number of furan rings is 1. The van der Waals surface area contributed by atoms with Crippen molar-refractivity contribution in [2.24, 2.45) is 5.73 Å². The molecule has 0 amide bonds. The first-order valence-electron chi connectivity index (χ1n) is 5.87. The molecule has 1 aromatic heterocycles. The molecule has 0 bridgehead atoms. The number of aryl methyl sites for hydroxylation is 1. The molecule has 4 heteroatoms. The van der Waals surface area contributed by atoms with Gasteiger partial charge in [0.1, 0.15) is 5.76 Å². The van der Waals surface area contributed by atoms with Crippen molar-refractivity contribution in [3.05, 3.63) is 56.9 Å². The number of benzene rings is 1. The first-order valence-corrected chi connectivity index (χ1v) is 7.04. The molecule has 1 aromatic carbocycles. The Hall–Kier alpha value is -0.770. The molecule has 0 radical (unpaired) electrons. The fourth-order valence-electron chi connectivity index (χ4n) is 2.00. The number of hydrogen-bond donors (Lipinski definition) is 1. The number of halogens is 2. The highest BCUT2D eigenvalue weighted by Gasteiger charge is 2.15. The third kappa shape index (κ3) is 2.97. The van der Waals surface area contributed by atoms with Gasteiger partial charge in [0, 0.05) is 27.5 Å². The minimum atomic E-state index is -0.0858. The fraction of sp³-hybridized carbons (Fsp3) is 0.286. The zero-order chi connectivity index (χ0) is 13.1. The van der Waals surface area contributed by atoms with Crippen molar-refractivity contribution >= 4 is 27.5 Å². The van der Waals surface area contributed by atoms with E-state index in [0.29, 0.717) is 6.42 Å². The molecule has 2 nitrogen and oxygen atoms in total. The van der Waals surface area contributed by atoms with Gasteiger partial charge in [-0.15, -0.1) is 0 Å². The summed E-state index contributed by atoms with van der Waals surface area (Å²) >= 11 is 9.59. The second-order valence-corrected chi connectivity index (χ2v) is 5.52. The Morgan fingerprint density at radius 2 is 2.17 bits per heavy atom. The molecule has 2 aromatic rings. The van der Waals surface area contributed by atoms with Crippen LogP contribution < -0.4 is 5.73 Å². The van der Waals surface area contributed by atoms with Crippen molar-refractivity contribution in [1.29, 1.82) is 0 Å². The van der Waals surface area contributed by atoms with Crippen LogP contribution in [-0.2, 0) is 12.8 Å². The van der Waals surface area contributed by atoms with Crippen molar-refractivity contribution in [2.45, 2.75) is 25.8 Å². The summed E-state index contributed by atoms with van der Waals surface area (Å²) in [5.74, 6) is 0.954. The van der Waals surface area contributed by atoms with E-state index in [9.17, 15) is 0 Å². The Kier molecular flexibility index (Phi) is 4.49. The minimum absolute atomic E-state index is 0.0858. The minimum Gasteiger partial charge on any atom is -0.469 e. The molecule has 0 saturated carbocycles. The van der Waals surface area contributed by atoms with Gasteiger partial charge in [-0.25, -0.2) is 0 Å². The molecule has 0 fully saturated rings. The number of hydrogen-bond acceptors (Lipinski definition) is 2. The van der Waals surface area contributed by atoms with Gasteiger partial charge in [0.05, 0.1) is 6.26 Å². The quantitative estimate of drug-likeness (QED) is 0.897. The van der Waals surface area contributed by atoms with E-state index in [1.807, 2.05) is 24.3 Å². The number of nitrogens with two attached hydrogens (primary N) is 1. The van der Waals surface area contributed by atoms with Crippen LogP contribution in [0.4, 0.5) is 0 Å². The predicted octanol–water partition coefficient (Wildman–Crippen LogP) is 4.50. The summed E-state index contributed by atoms with van der Waals surface area (Å²) in [5, 5.41) is 0.737. The molecule has 0 saturated heterocycles. The maximum atomic E-state index is 6.22. The maximum Gasteiger partial charge on any atom is 0.108 e. The van der Waals surface area contributed by atoms with Gasteiger partial charge < -0.3 is 10.2 Å². The molecule has 0 aliphatic rings. The zero-order valence-corrected chi connectivity index (χ0v) is 12.5. The van der Waals surface area contributed by atoms with Crippen LogP contribution in [0.5, 0.6) is 0 Å². The highest BCUT2D eigenvalue weighted by molar-refractivity contribution is 9.10. The van der Waals surface area contributed by atoms with Gasteiger partial charge in [0.25, 0.3) is 0 Å². The van der Waals surface area contributed by atoms with Crippen LogP contribution in [0, 0.1) is 0 Å². The molecular formula is C14H15BrClNO. The SMILES string of the molecule is CCc1occc1C(N)Cc1ccc(Br)cc1Cl. The molecule has 96 valence electrons. The molecule has 2 N–H and O–H groups in total. The maximum absolute atomic E-state index is 6.22. The molecule has 1 unspecified atom stereocenters. The molecule has 18 heavy (non-hydrogen) atoms. The van der Waals surface area contributed by atoms with E-state index in [2.05, 4.69) is 22.9 Å². The summed E-state index contributed by atoms with van der Waals surface area (Å²) < 4.78 is 6.38. The second-order valence-electron chi connectivity index (χ2n) is 4.20. The molecule has 0 aliphatic heterocycles. The standard InChI is InChI=1S/C14H15BrClNO/c1-2-14-11(5-6-18-14)13(17)7-9-3-4-10(15)8-12(9)16/h3-6,8,13H,2,7,17H2,1H3. The topological polar surface area (TPSA) is 39.2 Å². The van der Waals surface area contributed by atoms with Gasteiger partial charge in [0.2, 0.25) is 0 Å². The molecule has 1 atom stereocenters. The van der Waals surface area contributed by atoms with E-state index in [-0.39, 0.29) is 6.04 Å². The summed E-state index contributed by atoms with van der Waals surface area (Å²) in [5.41, 5.74) is 8.34. The van der Waals surface area contributed by atoms with Crippen molar-refractivity contribution in [3.63, 3.8) is 0 Å². The summed E-state index contributed by atoms with van der Waals surface area (Å²) in [6, 6.07) is 7.72. The van der Waals surface area contributed by atoms with Crippen molar-refractivity contribution in [3.8, 4) is 0 Å². The van der Waals surface area contributed by atoms with E-state index in [1.54, 1.807) is 6.26 Å². The normalized spacial score (nSPS) is 12.7. The van der Waals surface area contributed by atoms with Crippen molar-refractivity contribution in [1.82, 2.24) is 0 Å². The second kappa shape index (κ2) is 5.91. The summed E-state index contributed by atoms with van der Waals surface area (Å²) in [4.78, 5) is 0. The summed E-state index contributed by atoms with van der Waals surface area (Å²) in [7, 11) is 0. The van der Waals surface area contributed by atoms with Crippen LogP contribution >= 0.6 is 27.5 Å². The molecular weight excluding hydrogens is 314 g/mol. The Morgan fingerprint density at radius 1 is 1.39 bits per heavy atom. The molecule has 0 aliphatic carbocycles. The van der Waals surface area contributed by atoms with Crippen LogP contribution in [0.2, 0.25) is 5.02 Å². The van der Waals surface area contributed by atoms with E-state index in [1.165, 1.54) is 0 Å². The Bertz CT molecular complexity index is 538. The van der Waals surface area contributed by atoms with E-state index < -0.39 is 0 Å². The Labute approximate surface area is 120 Å². The third-order valence-electron chi connectivity index (χ3n) is 2.96. The predicted molar refractivity (Wildman–Crippen MR) is 77.9 cm³/mol. The van der Waals surface area contributed by atoms with Gasteiger partial charge in [0.15, 0.2) is 0 Å². The van der Waals surface area contributed by atoms with Crippen molar-refractivity contribution in [2.75, 3.05) is 0 Å². The smallest absolute Gasteiger partial charge is 0.108 e. The summed E-state index contributed by atoms with van der Waals surface area (Å²) in [6.07, 6.45) is 3.25. The number of rotatable bonds is 4. The third-order valence-corrected chi connectivity index (χ3v) is 3.80. The average Bonchev–Trinajstić information content (AvgIpc) is 2.81. The zero-order valence-electron chi connectivity index (χ0n) is 10.1. The highest BCUT2D eigenvalue weighted by Crippen LogP contribution is 2.27. The first kappa shape index (κ1) is 13.7. The monoisotopic (exact) mass is 327 g/mol. The lowest BCUT2D eigenvalue weighted by molar-refractivity contribution is 0.505.